The number of nitrogens with zero attached hydrogens (tertiary/aromatic N) is 6. The predicted octanol–water partition coefficient (Wildman–Crippen LogP) is 3.72. The molecule has 0 aromatic carbocycles. The number of carbonyl (C=O) groups excluding carboxylic acids is 1. The van der Waals surface area contributed by atoms with Crippen molar-refractivity contribution in [3.63, 3.8) is 0 Å². The van der Waals surface area contributed by atoms with Crippen molar-refractivity contribution in [3.8, 4) is 6.07 Å². The highest BCUT2D eigenvalue weighted by Crippen LogP contribution is 2.51. The van der Waals surface area contributed by atoms with Gasteiger partial charge in [-0.05, 0) is 76.2 Å². The van der Waals surface area contributed by atoms with E-state index in [0.717, 1.165) is 44.0 Å². The Labute approximate surface area is 201 Å². The van der Waals surface area contributed by atoms with Gasteiger partial charge in [0, 0.05) is 44.1 Å². The van der Waals surface area contributed by atoms with Crippen LogP contribution in [-0.2, 0) is 4.79 Å². The van der Waals surface area contributed by atoms with E-state index in [1.807, 2.05) is 18.3 Å². The first-order chi connectivity index (χ1) is 16.5. The van der Waals surface area contributed by atoms with Crippen LogP contribution in [0.4, 0.5) is 23.0 Å². The lowest BCUT2D eigenvalue weighted by Crippen LogP contribution is -2.37. The summed E-state index contributed by atoms with van der Waals surface area (Å²) >= 11 is 0. The Morgan fingerprint density at radius 1 is 1.09 bits per heavy atom. The molecule has 1 amide bonds. The molecule has 2 aromatic heterocycles. The van der Waals surface area contributed by atoms with Crippen LogP contribution in [0.3, 0.4) is 0 Å². The van der Waals surface area contributed by atoms with E-state index in [9.17, 15) is 10.1 Å². The van der Waals surface area contributed by atoms with Gasteiger partial charge in [-0.1, -0.05) is 0 Å². The number of pyridine rings is 2. The summed E-state index contributed by atoms with van der Waals surface area (Å²) < 4.78 is 0. The molecule has 0 unspecified atom stereocenters. The molecule has 2 saturated heterocycles. The van der Waals surface area contributed by atoms with Crippen LogP contribution >= 0.6 is 0 Å². The fourth-order valence-corrected chi connectivity index (χ4v) is 5.31. The van der Waals surface area contributed by atoms with Gasteiger partial charge in [-0.15, -0.1) is 0 Å². The van der Waals surface area contributed by atoms with Gasteiger partial charge >= 0.3 is 0 Å². The summed E-state index contributed by atoms with van der Waals surface area (Å²) in [7, 11) is 2.19. The third-order valence-electron chi connectivity index (χ3n) is 7.54. The van der Waals surface area contributed by atoms with Crippen LogP contribution in [0.1, 0.15) is 37.7 Å². The fourth-order valence-electron chi connectivity index (χ4n) is 5.31. The van der Waals surface area contributed by atoms with Gasteiger partial charge in [0.05, 0.1) is 18.0 Å². The molecule has 3 aliphatic rings. The third-order valence-corrected chi connectivity index (χ3v) is 7.54. The number of aromatic nitrogens is 2. The Morgan fingerprint density at radius 3 is 2.65 bits per heavy atom. The van der Waals surface area contributed by atoms with Crippen LogP contribution in [0.25, 0.3) is 0 Å². The lowest BCUT2D eigenvalue weighted by atomic mass is 9.83. The van der Waals surface area contributed by atoms with E-state index < -0.39 is 5.41 Å². The van der Waals surface area contributed by atoms with E-state index >= 15 is 0 Å². The molecule has 4 heterocycles. The Balaban J connectivity index is 1.30. The van der Waals surface area contributed by atoms with Crippen molar-refractivity contribution in [2.75, 3.05) is 54.9 Å². The van der Waals surface area contributed by atoms with E-state index in [2.05, 4.69) is 51.2 Å². The Kier molecular flexibility index (Phi) is 6.13. The molecule has 3 fully saturated rings. The van der Waals surface area contributed by atoms with Crippen LogP contribution in [0.2, 0.25) is 0 Å². The smallest absolute Gasteiger partial charge is 0.247 e. The van der Waals surface area contributed by atoms with Gasteiger partial charge in [-0.3, -0.25) is 4.79 Å². The number of amides is 1. The first-order valence-electron chi connectivity index (χ1n) is 12.4. The predicted molar refractivity (Wildman–Crippen MR) is 133 cm³/mol. The number of anilines is 4. The first-order valence-corrected chi connectivity index (χ1v) is 12.4. The number of nitrogens with one attached hydrogen (secondary N) is 1. The summed E-state index contributed by atoms with van der Waals surface area (Å²) in [6.45, 7) is 6.98. The zero-order valence-corrected chi connectivity index (χ0v) is 20.1. The van der Waals surface area contributed by atoms with E-state index in [-0.39, 0.29) is 11.8 Å². The van der Waals surface area contributed by atoms with Crippen molar-refractivity contribution in [2.24, 2.45) is 11.3 Å². The summed E-state index contributed by atoms with van der Waals surface area (Å²) in [5.41, 5.74) is 2.29. The lowest BCUT2D eigenvalue weighted by molar-refractivity contribution is -0.123. The highest BCUT2D eigenvalue weighted by molar-refractivity contribution is 6.02. The van der Waals surface area contributed by atoms with Gasteiger partial charge in [0.15, 0.2) is 0 Å². The molecule has 8 heteroatoms. The highest BCUT2D eigenvalue weighted by Gasteiger charge is 2.56. The van der Waals surface area contributed by atoms with Crippen molar-refractivity contribution in [1.82, 2.24) is 14.9 Å². The maximum Gasteiger partial charge on any atom is 0.247 e. The van der Waals surface area contributed by atoms with Crippen LogP contribution in [-0.4, -0.2) is 60.5 Å². The minimum Gasteiger partial charge on any atom is -0.369 e. The fraction of sp³-hybridized carbons (Fsp3) is 0.538. The number of hydrogen-bond acceptors (Lipinski definition) is 7. The molecule has 0 bridgehead atoms. The largest absolute Gasteiger partial charge is 0.369 e. The monoisotopic (exact) mass is 459 g/mol. The van der Waals surface area contributed by atoms with Crippen LogP contribution in [0, 0.1) is 29.6 Å². The number of likely N-dealkylation sites (N-methyl/N-ethyl adjacent to an activating group) is 1. The second-order valence-corrected chi connectivity index (χ2v) is 9.94. The van der Waals surface area contributed by atoms with Gasteiger partial charge < -0.3 is 20.0 Å². The lowest BCUT2D eigenvalue weighted by Gasteiger charge is -2.31. The van der Waals surface area contributed by atoms with Crippen molar-refractivity contribution < 1.29 is 4.79 Å². The maximum atomic E-state index is 13.2. The third kappa shape index (κ3) is 4.32. The number of rotatable bonds is 5. The van der Waals surface area contributed by atoms with Crippen LogP contribution in [0.5, 0.6) is 0 Å². The van der Waals surface area contributed by atoms with E-state index in [0.29, 0.717) is 18.8 Å². The Bertz CT molecular complexity index is 1110. The SMILES string of the molecule is Cc1cc(Nc2cc(N3CC[C@@](C#N)(C4CC4)C3=O)ccn2)ncc1N1CCCCN(C)CC1. The van der Waals surface area contributed by atoms with Gasteiger partial charge in [0.25, 0.3) is 0 Å². The van der Waals surface area contributed by atoms with Gasteiger partial charge in [0.2, 0.25) is 5.91 Å². The molecular weight excluding hydrogens is 426 g/mol. The van der Waals surface area contributed by atoms with Gasteiger partial charge in [0.1, 0.15) is 17.1 Å². The van der Waals surface area contributed by atoms with Crippen LogP contribution < -0.4 is 15.1 Å². The Morgan fingerprint density at radius 2 is 1.88 bits per heavy atom. The van der Waals surface area contributed by atoms with Crippen molar-refractivity contribution in [1.29, 1.82) is 5.26 Å². The molecule has 2 aromatic rings. The minimum absolute atomic E-state index is 0.0631. The molecule has 1 aliphatic carbocycles. The second kappa shape index (κ2) is 9.22. The van der Waals surface area contributed by atoms with E-state index in [1.165, 1.54) is 30.6 Å². The average molecular weight is 460 g/mol. The summed E-state index contributed by atoms with van der Waals surface area (Å²) in [4.78, 5) is 28.8. The number of nitriles is 1. The quantitative estimate of drug-likeness (QED) is 0.729. The minimum atomic E-state index is -0.841. The molecule has 178 valence electrons. The van der Waals surface area contributed by atoms with Gasteiger partial charge in [-0.2, -0.15) is 5.26 Å². The molecular formula is C26H33N7O. The summed E-state index contributed by atoms with van der Waals surface area (Å²) in [6, 6.07) is 8.12. The topological polar surface area (TPSA) is 88.4 Å². The zero-order chi connectivity index (χ0) is 23.7. The molecule has 0 radical (unpaired) electrons. The average Bonchev–Trinajstić information content (AvgIpc) is 3.61. The molecule has 34 heavy (non-hydrogen) atoms. The van der Waals surface area contributed by atoms with Crippen molar-refractivity contribution in [2.45, 2.75) is 39.0 Å². The molecule has 1 saturated carbocycles. The number of hydrogen-bond donors (Lipinski definition) is 1. The molecule has 2 aliphatic heterocycles. The number of carbonyl (C=O) groups is 1. The molecule has 8 nitrogen and oxygen atoms in total. The van der Waals surface area contributed by atoms with E-state index in [4.69, 9.17) is 0 Å². The molecule has 1 atom stereocenters. The first kappa shape index (κ1) is 22.6. The summed E-state index contributed by atoms with van der Waals surface area (Å²) in [5, 5.41) is 13.1. The number of aryl methyl sites for hydroxylation is 1. The second-order valence-electron chi connectivity index (χ2n) is 9.94. The zero-order valence-electron chi connectivity index (χ0n) is 20.1. The van der Waals surface area contributed by atoms with Crippen molar-refractivity contribution >= 4 is 28.9 Å². The Hall–Kier alpha value is -3.18. The summed E-state index contributed by atoms with van der Waals surface area (Å²) in [6.07, 6.45) is 8.61. The van der Waals surface area contributed by atoms with E-state index in [1.54, 1.807) is 11.1 Å². The van der Waals surface area contributed by atoms with Crippen molar-refractivity contribution in [3.05, 3.63) is 36.2 Å². The molecule has 1 N–H and O–H groups in total. The normalized spacial score (nSPS) is 24.0. The van der Waals surface area contributed by atoms with Gasteiger partial charge in [-0.25, -0.2) is 9.97 Å². The highest BCUT2D eigenvalue weighted by atomic mass is 16.2. The molecule has 5 rings (SSSR count). The van der Waals surface area contributed by atoms with Crippen LogP contribution in [0.15, 0.2) is 30.6 Å². The summed E-state index contributed by atoms with van der Waals surface area (Å²) in [5.74, 6) is 1.52. The standard InChI is InChI=1S/C26H33N7O/c1-19-15-23(29-17-22(19)32-11-4-3-10-31(2)13-14-32)30-24-16-21(7-9-28-24)33-12-8-26(18-27,25(33)34)20-5-6-20/h7,9,15-17,20H,3-6,8,10-14H2,1-2H3,(H,28,29,30)/t26-/m1/s1. The molecule has 0 spiro atoms. The maximum absolute atomic E-state index is 13.2.